The van der Waals surface area contributed by atoms with E-state index in [-0.39, 0.29) is 31.1 Å². The van der Waals surface area contributed by atoms with Crippen LogP contribution >= 0.6 is 0 Å². The third-order valence-corrected chi connectivity index (χ3v) is 14.7. The van der Waals surface area contributed by atoms with Crippen LogP contribution < -0.4 is 0 Å². The van der Waals surface area contributed by atoms with Gasteiger partial charge in [0.15, 0.2) is 6.10 Å². The average Bonchev–Trinajstić information content (AvgIpc) is 3.39. The molecule has 0 saturated heterocycles. The lowest BCUT2D eigenvalue weighted by atomic mass is 10.0. The van der Waals surface area contributed by atoms with Gasteiger partial charge in [-0.05, 0) is 51.4 Å². The molecule has 1 unspecified atom stereocenters. The number of carbonyl (C=O) groups excluding carboxylic acids is 3. The standard InChI is InChI=1S/C67H124O6/c1-4-7-10-13-16-19-22-25-28-31-32-33-34-37-39-42-45-48-51-54-57-60-66(69)72-63-64(73-67(70)61-58-55-52-49-46-43-40-36-30-27-24-21-18-15-12-9-6-3)62-71-65(68)59-56-53-50-47-44-41-38-35-29-26-23-20-17-14-11-8-5-2/h9,12,18,21,27,30,64H,4-8,10-11,13-17,19-20,22-26,28-29,31-63H2,1-3H3/b12-9-,21-18-,30-27-. The zero-order valence-corrected chi connectivity index (χ0v) is 49.2. The number of unbranched alkanes of at least 4 members (excludes halogenated alkanes) is 43. The molecule has 0 N–H and O–H groups in total. The maximum Gasteiger partial charge on any atom is 0.306 e. The van der Waals surface area contributed by atoms with E-state index >= 15 is 0 Å². The normalized spacial score (nSPS) is 12.2. The number of esters is 3. The van der Waals surface area contributed by atoms with Gasteiger partial charge >= 0.3 is 17.9 Å². The highest BCUT2D eigenvalue weighted by molar-refractivity contribution is 5.71. The molecule has 0 amide bonds. The molecule has 6 nitrogen and oxygen atoms in total. The summed E-state index contributed by atoms with van der Waals surface area (Å²) in [5.41, 5.74) is 0. The van der Waals surface area contributed by atoms with Crippen molar-refractivity contribution in [1.82, 2.24) is 0 Å². The lowest BCUT2D eigenvalue weighted by Gasteiger charge is -2.18. The second-order valence-corrected chi connectivity index (χ2v) is 22.0. The molecule has 0 radical (unpaired) electrons. The summed E-state index contributed by atoms with van der Waals surface area (Å²) in [6, 6.07) is 0. The first-order valence-electron chi connectivity index (χ1n) is 32.5. The first kappa shape index (κ1) is 70.6. The van der Waals surface area contributed by atoms with Gasteiger partial charge in [0.25, 0.3) is 0 Å². The molecule has 0 bridgehead atoms. The Morgan fingerprint density at radius 1 is 0.288 bits per heavy atom. The summed E-state index contributed by atoms with van der Waals surface area (Å²) < 4.78 is 17.0. The van der Waals surface area contributed by atoms with Crippen LogP contribution in [0.2, 0.25) is 0 Å². The average molecular weight is 1030 g/mol. The first-order chi connectivity index (χ1) is 36.0. The van der Waals surface area contributed by atoms with Gasteiger partial charge in [-0.3, -0.25) is 14.4 Å². The van der Waals surface area contributed by atoms with Crippen molar-refractivity contribution < 1.29 is 28.6 Å². The van der Waals surface area contributed by atoms with Gasteiger partial charge < -0.3 is 14.2 Å². The third kappa shape index (κ3) is 60.4. The molecule has 0 aromatic carbocycles. The molecule has 0 aliphatic rings. The van der Waals surface area contributed by atoms with Crippen molar-refractivity contribution in [2.45, 2.75) is 361 Å². The van der Waals surface area contributed by atoms with Crippen molar-refractivity contribution in [3.8, 4) is 0 Å². The summed E-state index contributed by atoms with van der Waals surface area (Å²) in [6.45, 7) is 6.59. The quantitative estimate of drug-likeness (QED) is 0.0261. The van der Waals surface area contributed by atoms with Crippen molar-refractivity contribution in [2.75, 3.05) is 13.2 Å². The van der Waals surface area contributed by atoms with E-state index in [0.717, 1.165) is 83.5 Å². The predicted molar refractivity (Wildman–Crippen MR) is 316 cm³/mol. The second kappa shape index (κ2) is 62.2. The highest BCUT2D eigenvalue weighted by atomic mass is 16.6. The van der Waals surface area contributed by atoms with Crippen LogP contribution in [0.3, 0.4) is 0 Å². The molecular weight excluding hydrogens is 901 g/mol. The molecule has 0 fully saturated rings. The molecule has 0 heterocycles. The second-order valence-electron chi connectivity index (χ2n) is 22.0. The Morgan fingerprint density at radius 2 is 0.534 bits per heavy atom. The zero-order chi connectivity index (χ0) is 52.9. The van der Waals surface area contributed by atoms with E-state index in [1.807, 2.05) is 0 Å². The van der Waals surface area contributed by atoms with Crippen LogP contribution in [-0.4, -0.2) is 37.2 Å². The molecule has 0 aliphatic carbocycles. The number of hydrogen-bond acceptors (Lipinski definition) is 6. The highest BCUT2D eigenvalue weighted by Gasteiger charge is 2.19. The van der Waals surface area contributed by atoms with E-state index in [2.05, 4.69) is 57.2 Å². The van der Waals surface area contributed by atoms with Crippen molar-refractivity contribution in [3.05, 3.63) is 36.5 Å². The van der Waals surface area contributed by atoms with Crippen molar-refractivity contribution >= 4 is 17.9 Å². The molecule has 0 aliphatic heterocycles. The maximum atomic E-state index is 12.9. The predicted octanol–water partition coefficient (Wildman–Crippen LogP) is 22.0. The summed E-state index contributed by atoms with van der Waals surface area (Å²) >= 11 is 0. The van der Waals surface area contributed by atoms with Crippen molar-refractivity contribution in [2.24, 2.45) is 0 Å². The molecule has 73 heavy (non-hydrogen) atoms. The van der Waals surface area contributed by atoms with Crippen LogP contribution in [0.4, 0.5) is 0 Å². The molecule has 0 saturated carbocycles. The molecular formula is C67H124O6. The molecule has 0 aromatic rings. The van der Waals surface area contributed by atoms with Gasteiger partial charge in [-0.2, -0.15) is 0 Å². The number of allylic oxidation sites excluding steroid dienone is 6. The van der Waals surface area contributed by atoms with Crippen LogP contribution in [0.5, 0.6) is 0 Å². The molecule has 0 spiro atoms. The molecule has 428 valence electrons. The summed E-state index contributed by atoms with van der Waals surface area (Å²) in [6.07, 6.45) is 75.8. The van der Waals surface area contributed by atoms with Gasteiger partial charge in [0.2, 0.25) is 0 Å². The number of rotatable bonds is 60. The zero-order valence-electron chi connectivity index (χ0n) is 49.2. The Morgan fingerprint density at radius 3 is 0.836 bits per heavy atom. The lowest BCUT2D eigenvalue weighted by molar-refractivity contribution is -0.167. The van der Waals surface area contributed by atoms with Gasteiger partial charge in [0, 0.05) is 19.3 Å². The molecule has 1 atom stereocenters. The van der Waals surface area contributed by atoms with Crippen molar-refractivity contribution in [1.29, 1.82) is 0 Å². The van der Waals surface area contributed by atoms with Crippen LogP contribution in [0, 0.1) is 0 Å². The Bertz CT molecular complexity index is 1220. The van der Waals surface area contributed by atoms with Gasteiger partial charge in [0.05, 0.1) is 0 Å². The topological polar surface area (TPSA) is 78.9 Å². The summed E-state index contributed by atoms with van der Waals surface area (Å²) in [7, 11) is 0. The summed E-state index contributed by atoms with van der Waals surface area (Å²) in [4.78, 5) is 38.3. The number of ether oxygens (including phenoxy) is 3. The minimum Gasteiger partial charge on any atom is -0.462 e. The fraction of sp³-hybridized carbons (Fsp3) is 0.866. The summed E-state index contributed by atoms with van der Waals surface area (Å²) in [5, 5.41) is 0. The minimum absolute atomic E-state index is 0.0707. The van der Waals surface area contributed by atoms with E-state index in [0.29, 0.717) is 19.3 Å². The smallest absolute Gasteiger partial charge is 0.306 e. The van der Waals surface area contributed by atoms with Gasteiger partial charge in [-0.1, -0.05) is 320 Å². The Balaban J connectivity index is 4.31. The van der Waals surface area contributed by atoms with E-state index < -0.39 is 6.10 Å². The third-order valence-electron chi connectivity index (χ3n) is 14.7. The Hall–Kier alpha value is -2.37. The van der Waals surface area contributed by atoms with Crippen LogP contribution in [0.15, 0.2) is 36.5 Å². The molecule has 0 rings (SSSR count). The van der Waals surface area contributed by atoms with E-state index in [9.17, 15) is 14.4 Å². The highest BCUT2D eigenvalue weighted by Crippen LogP contribution is 2.18. The maximum absolute atomic E-state index is 12.9. The van der Waals surface area contributed by atoms with E-state index in [4.69, 9.17) is 14.2 Å². The summed E-state index contributed by atoms with van der Waals surface area (Å²) in [5.74, 6) is -0.853. The minimum atomic E-state index is -0.774. The fourth-order valence-corrected chi connectivity index (χ4v) is 9.81. The number of hydrogen-bond donors (Lipinski definition) is 0. The lowest BCUT2D eigenvalue weighted by Crippen LogP contribution is -2.30. The first-order valence-corrected chi connectivity index (χ1v) is 32.5. The van der Waals surface area contributed by atoms with Crippen LogP contribution in [0.25, 0.3) is 0 Å². The largest absolute Gasteiger partial charge is 0.462 e. The van der Waals surface area contributed by atoms with Gasteiger partial charge in [0.1, 0.15) is 13.2 Å². The molecule has 0 aromatic heterocycles. The van der Waals surface area contributed by atoms with Crippen molar-refractivity contribution in [3.63, 3.8) is 0 Å². The van der Waals surface area contributed by atoms with Crippen LogP contribution in [0.1, 0.15) is 355 Å². The van der Waals surface area contributed by atoms with Crippen LogP contribution in [-0.2, 0) is 28.6 Å². The van der Waals surface area contributed by atoms with Gasteiger partial charge in [-0.25, -0.2) is 0 Å². The monoisotopic (exact) mass is 1020 g/mol. The van der Waals surface area contributed by atoms with E-state index in [1.54, 1.807) is 0 Å². The van der Waals surface area contributed by atoms with E-state index in [1.165, 1.54) is 231 Å². The Labute approximate surface area is 455 Å². The Kier molecular flexibility index (Phi) is 60.2. The molecule has 6 heteroatoms. The number of carbonyl (C=O) groups is 3. The SMILES string of the molecule is CC/C=C\C/C=C\C/C=C\CCCCCCCCCC(=O)OC(COC(=O)CCCCCCCCCCCCCCCCCCC)COC(=O)CCCCCCCCCCCCCCCCCCCCCCC. The van der Waals surface area contributed by atoms with Gasteiger partial charge in [-0.15, -0.1) is 0 Å². The fourth-order valence-electron chi connectivity index (χ4n) is 9.81.